The summed E-state index contributed by atoms with van der Waals surface area (Å²) in [6.45, 7) is 2.71. The van der Waals surface area contributed by atoms with Gasteiger partial charge >= 0.3 is 5.97 Å². The SMILES string of the molecule is COC(=O)c1ccc(N2CC=C(C)[C@@H](c3ccc(OC)cc3)O2)cc1. The molecule has 0 spiro atoms. The van der Waals surface area contributed by atoms with E-state index >= 15 is 0 Å². The number of methoxy groups -OCH3 is 2. The summed E-state index contributed by atoms with van der Waals surface area (Å²) < 4.78 is 9.94. The molecule has 0 aromatic heterocycles. The van der Waals surface area contributed by atoms with Crippen molar-refractivity contribution in [3.63, 3.8) is 0 Å². The molecule has 1 aliphatic heterocycles. The molecule has 0 radical (unpaired) electrons. The lowest BCUT2D eigenvalue weighted by Crippen LogP contribution is -2.30. The van der Waals surface area contributed by atoms with E-state index in [0.29, 0.717) is 12.1 Å². The van der Waals surface area contributed by atoms with Gasteiger partial charge in [-0.05, 0) is 54.5 Å². The van der Waals surface area contributed by atoms with E-state index in [0.717, 1.165) is 22.6 Å². The van der Waals surface area contributed by atoms with Gasteiger partial charge in [0, 0.05) is 0 Å². The van der Waals surface area contributed by atoms with Gasteiger partial charge in [0.2, 0.25) is 0 Å². The number of esters is 1. The molecule has 2 aromatic rings. The lowest BCUT2D eigenvalue weighted by Gasteiger charge is -2.33. The number of carbonyl (C=O) groups is 1. The number of hydrogen-bond acceptors (Lipinski definition) is 5. The van der Waals surface area contributed by atoms with Crippen LogP contribution >= 0.6 is 0 Å². The average molecular weight is 339 g/mol. The molecule has 25 heavy (non-hydrogen) atoms. The molecular formula is C20H21NO4. The minimum atomic E-state index is -0.349. The van der Waals surface area contributed by atoms with Crippen LogP contribution in [0.5, 0.6) is 5.75 Å². The maximum absolute atomic E-state index is 11.5. The van der Waals surface area contributed by atoms with E-state index in [-0.39, 0.29) is 12.1 Å². The highest BCUT2D eigenvalue weighted by molar-refractivity contribution is 5.89. The van der Waals surface area contributed by atoms with Crippen LogP contribution in [-0.2, 0) is 9.57 Å². The Bertz CT molecular complexity index is 765. The van der Waals surface area contributed by atoms with Gasteiger partial charge in [0.25, 0.3) is 0 Å². The maximum atomic E-state index is 11.5. The van der Waals surface area contributed by atoms with Crippen molar-refractivity contribution in [2.75, 3.05) is 25.8 Å². The van der Waals surface area contributed by atoms with Crippen LogP contribution in [0.2, 0.25) is 0 Å². The van der Waals surface area contributed by atoms with Crippen molar-refractivity contribution in [2.24, 2.45) is 0 Å². The van der Waals surface area contributed by atoms with Crippen molar-refractivity contribution < 1.29 is 19.1 Å². The lowest BCUT2D eigenvalue weighted by molar-refractivity contribution is 0.0498. The number of hydrogen-bond donors (Lipinski definition) is 0. The van der Waals surface area contributed by atoms with Gasteiger partial charge in [0.1, 0.15) is 11.9 Å². The van der Waals surface area contributed by atoms with Crippen molar-refractivity contribution in [3.8, 4) is 5.75 Å². The van der Waals surface area contributed by atoms with Gasteiger partial charge in [-0.3, -0.25) is 4.84 Å². The van der Waals surface area contributed by atoms with E-state index < -0.39 is 0 Å². The molecule has 1 atom stereocenters. The Labute approximate surface area is 147 Å². The number of anilines is 1. The van der Waals surface area contributed by atoms with Crippen LogP contribution in [0.4, 0.5) is 5.69 Å². The summed E-state index contributed by atoms with van der Waals surface area (Å²) in [5, 5.41) is 1.82. The summed E-state index contributed by atoms with van der Waals surface area (Å²) in [7, 11) is 3.02. The Balaban J connectivity index is 1.79. The molecule has 0 aliphatic carbocycles. The Kier molecular flexibility index (Phi) is 5.05. The number of rotatable bonds is 4. The van der Waals surface area contributed by atoms with Crippen LogP contribution in [-0.4, -0.2) is 26.7 Å². The van der Waals surface area contributed by atoms with Crippen LogP contribution in [0.25, 0.3) is 0 Å². The van der Waals surface area contributed by atoms with Crippen molar-refractivity contribution in [2.45, 2.75) is 13.0 Å². The third kappa shape index (κ3) is 3.67. The van der Waals surface area contributed by atoms with E-state index in [4.69, 9.17) is 14.3 Å². The molecule has 0 N–H and O–H groups in total. The molecule has 5 heteroatoms. The number of nitrogens with zero attached hydrogens (tertiary/aromatic N) is 1. The first-order valence-electron chi connectivity index (χ1n) is 8.05. The first kappa shape index (κ1) is 17.0. The van der Waals surface area contributed by atoms with Gasteiger partial charge in [0.05, 0.1) is 32.0 Å². The molecule has 130 valence electrons. The second-order valence-electron chi connectivity index (χ2n) is 5.81. The Morgan fingerprint density at radius 2 is 1.76 bits per heavy atom. The van der Waals surface area contributed by atoms with E-state index in [1.165, 1.54) is 7.11 Å². The second kappa shape index (κ2) is 7.40. The van der Waals surface area contributed by atoms with Crippen molar-refractivity contribution in [3.05, 3.63) is 71.3 Å². The van der Waals surface area contributed by atoms with Gasteiger partial charge < -0.3 is 9.47 Å². The largest absolute Gasteiger partial charge is 0.497 e. The fraction of sp³-hybridized carbons (Fsp3) is 0.250. The molecule has 5 nitrogen and oxygen atoms in total. The highest BCUT2D eigenvalue weighted by atomic mass is 16.7. The minimum absolute atomic E-state index is 0.153. The predicted octanol–water partition coefficient (Wildman–Crippen LogP) is 3.92. The molecule has 1 heterocycles. The third-order valence-corrected chi connectivity index (χ3v) is 4.22. The molecule has 1 aliphatic rings. The molecular weight excluding hydrogens is 318 g/mol. The molecule has 0 bridgehead atoms. The second-order valence-corrected chi connectivity index (χ2v) is 5.81. The number of ether oxygens (including phenoxy) is 2. The zero-order chi connectivity index (χ0) is 17.8. The fourth-order valence-corrected chi connectivity index (χ4v) is 2.74. The molecule has 0 amide bonds. The topological polar surface area (TPSA) is 48.0 Å². The highest BCUT2D eigenvalue weighted by Crippen LogP contribution is 2.33. The Hall–Kier alpha value is -2.79. The lowest BCUT2D eigenvalue weighted by atomic mass is 10.0. The Morgan fingerprint density at radius 3 is 2.36 bits per heavy atom. The molecule has 3 rings (SSSR count). The van der Waals surface area contributed by atoms with Gasteiger partial charge in [0.15, 0.2) is 0 Å². The first-order chi connectivity index (χ1) is 12.1. The average Bonchev–Trinajstić information content (AvgIpc) is 2.68. The van der Waals surface area contributed by atoms with E-state index in [1.54, 1.807) is 19.2 Å². The fourth-order valence-electron chi connectivity index (χ4n) is 2.74. The minimum Gasteiger partial charge on any atom is -0.497 e. The normalized spacial score (nSPS) is 17.0. The van der Waals surface area contributed by atoms with Gasteiger partial charge in [-0.1, -0.05) is 18.2 Å². The van der Waals surface area contributed by atoms with Crippen LogP contribution in [0.3, 0.4) is 0 Å². The smallest absolute Gasteiger partial charge is 0.337 e. The van der Waals surface area contributed by atoms with Gasteiger partial charge in [-0.25, -0.2) is 9.86 Å². The third-order valence-electron chi connectivity index (χ3n) is 4.22. The van der Waals surface area contributed by atoms with Crippen LogP contribution in [0.15, 0.2) is 60.2 Å². The maximum Gasteiger partial charge on any atom is 0.337 e. The highest BCUT2D eigenvalue weighted by Gasteiger charge is 2.23. The molecule has 0 unspecified atom stereocenters. The monoisotopic (exact) mass is 339 g/mol. The van der Waals surface area contributed by atoms with Crippen LogP contribution in [0, 0.1) is 0 Å². The van der Waals surface area contributed by atoms with E-state index in [1.807, 2.05) is 41.5 Å². The first-order valence-corrected chi connectivity index (χ1v) is 8.05. The summed E-state index contributed by atoms with van der Waals surface area (Å²) in [6, 6.07) is 15.0. The zero-order valence-corrected chi connectivity index (χ0v) is 14.6. The number of carbonyl (C=O) groups excluding carboxylic acids is 1. The summed E-state index contributed by atoms with van der Waals surface area (Å²) >= 11 is 0. The molecule has 0 saturated carbocycles. The molecule has 0 saturated heterocycles. The molecule has 0 fully saturated rings. The number of hydroxylamine groups is 1. The number of benzene rings is 2. The van der Waals surface area contributed by atoms with E-state index in [2.05, 4.69) is 13.0 Å². The van der Waals surface area contributed by atoms with Gasteiger partial charge in [-0.15, -0.1) is 0 Å². The summed E-state index contributed by atoms with van der Waals surface area (Å²) in [5.41, 5.74) is 3.62. The zero-order valence-electron chi connectivity index (χ0n) is 14.6. The van der Waals surface area contributed by atoms with Gasteiger partial charge in [-0.2, -0.15) is 0 Å². The van der Waals surface area contributed by atoms with Crippen molar-refractivity contribution >= 4 is 11.7 Å². The quantitative estimate of drug-likeness (QED) is 0.624. The van der Waals surface area contributed by atoms with Crippen molar-refractivity contribution in [1.82, 2.24) is 0 Å². The van der Waals surface area contributed by atoms with E-state index in [9.17, 15) is 4.79 Å². The van der Waals surface area contributed by atoms with Crippen molar-refractivity contribution in [1.29, 1.82) is 0 Å². The standard InChI is InChI=1S/C20H21NO4/c1-14-12-13-21(17-8-4-16(5-9-17)20(22)24-3)25-19(14)15-6-10-18(23-2)11-7-15/h4-12,19H,13H2,1-3H3/t19-/m0/s1. The van der Waals surface area contributed by atoms with Crippen LogP contribution in [0.1, 0.15) is 28.9 Å². The Morgan fingerprint density at radius 1 is 1.08 bits per heavy atom. The van der Waals surface area contributed by atoms with Crippen LogP contribution < -0.4 is 9.80 Å². The summed E-state index contributed by atoms with van der Waals surface area (Å²) in [4.78, 5) is 17.7. The summed E-state index contributed by atoms with van der Waals surface area (Å²) in [5.74, 6) is 0.467. The predicted molar refractivity (Wildman–Crippen MR) is 95.7 cm³/mol. The molecule has 2 aromatic carbocycles. The summed E-state index contributed by atoms with van der Waals surface area (Å²) in [6.07, 6.45) is 1.99.